The zero-order valence-electron chi connectivity index (χ0n) is 16.8. The first-order valence-electron chi connectivity index (χ1n) is 9.81. The van der Waals surface area contributed by atoms with E-state index in [1.807, 2.05) is 12.1 Å². The van der Waals surface area contributed by atoms with Gasteiger partial charge in [-0.3, -0.25) is 0 Å². The molecule has 1 aliphatic heterocycles. The van der Waals surface area contributed by atoms with Gasteiger partial charge in [-0.1, -0.05) is 30.0 Å². The highest BCUT2D eigenvalue weighted by Gasteiger charge is 2.44. The Hall–Kier alpha value is -2.46. The quantitative estimate of drug-likeness (QED) is 0.409. The van der Waals surface area contributed by atoms with E-state index in [-0.39, 0.29) is 5.75 Å². The summed E-state index contributed by atoms with van der Waals surface area (Å²) in [6, 6.07) is 12.2. The molecule has 4 rings (SSSR count). The molecule has 10 heteroatoms. The van der Waals surface area contributed by atoms with Gasteiger partial charge in [0, 0.05) is 43.7 Å². The lowest BCUT2D eigenvalue weighted by molar-refractivity contribution is -0.253. The van der Waals surface area contributed by atoms with Gasteiger partial charge in [0.15, 0.2) is 5.16 Å². The average molecular weight is 454 g/mol. The number of halogens is 4. The third-order valence-corrected chi connectivity index (χ3v) is 6.06. The molecule has 1 aromatic heterocycles. The largest absolute Gasteiger partial charge is 0.461 e. The molecular formula is C21H22F4N4OS. The van der Waals surface area contributed by atoms with Gasteiger partial charge in [-0.15, -0.1) is 0 Å². The second-order valence-electron chi connectivity index (χ2n) is 7.39. The van der Waals surface area contributed by atoms with E-state index in [1.165, 1.54) is 41.2 Å². The number of hydrogen-bond acceptors (Lipinski definition) is 5. The summed E-state index contributed by atoms with van der Waals surface area (Å²) in [5.41, 5.74) is 3.36. The van der Waals surface area contributed by atoms with Gasteiger partial charge in [0.25, 0.3) is 0 Å². The number of nitrogens with one attached hydrogen (secondary N) is 1. The Morgan fingerprint density at radius 2 is 1.87 bits per heavy atom. The highest BCUT2D eigenvalue weighted by atomic mass is 32.2. The summed E-state index contributed by atoms with van der Waals surface area (Å²) < 4.78 is 55.2. The number of nitrogens with zero attached hydrogens (tertiary/aromatic N) is 3. The summed E-state index contributed by atoms with van der Waals surface area (Å²) >= 11 is 1.49. The number of aromatic amines is 1. The maximum absolute atomic E-state index is 13.1. The van der Waals surface area contributed by atoms with E-state index in [9.17, 15) is 17.6 Å². The number of fused-ring (bicyclic) bond motifs is 1. The minimum Gasteiger partial charge on any atom is -0.428 e. The lowest BCUT2D eigenvalue weighted by Gasteiger charge is -2.35. The van der Waals surface area contributed by atoms with Gasteiger partial charge in [-0.25, -0.2) is 4.98 Å². The van der Waals surface area contributed by atoms with Crippen molar-refractivity contribution in [2.24, 2.45) is 0 Å². The lowest BCUT2D eigenvalue weighted by Crippen LogP contribution is -2.44. The summed E-state index contributed by atoms with van der Waals surface area (Å²) in [7, 11) is 2.12. The van der Waals surface area contributed by atoms with Gasteiger partial charge in [0.1, 0.15) is 5.75 Å². The van der Waals surface area contributed by atoms with Gasteiger partial charge in [-0.05, 0) is 30.8 Å². The Labute approximate surface area is 181 Å². The molecule has 1 saturated heterocycles. The standard InChI is InChI=1S/C21H22F4N4OS/c1-28-8-10-29(11-9-28)18-5-3-2-4-14(18)13-31-20-26-16-7-6-15(12-17(16)27-20)30-21(24,25)19(22)23/h2-7,12,19H,8-11,13H2,1H3,(H,26,27). The van der Waals surface area contributed by atoms with E-state index in [4.69, 9.17) is 0 Å². The minimum atomic E-state index is -4.55. The predicted molar refractivity (Wildman–Crippen MR) is 113 cm³/mol. The molecule has 0 amide bonds. The first-order chi connectivity index (χ1) is 14.8. The monoisotopic (exact) mass is 454 g/mol. The second-order valence-corrected chi connectivity index (χ2v) is 8.36. The molecular weight excluding hydrogens is 432 g/mol. The van der Waals surface area contributed by atoms with Crippen LogP contribution in [0.5, 0.6) is 5.75 Å². The molecule has 0 atom stereocenters. The minimum absolute atomic E-state index is 0.360. The first-order valence-corrected chi connectivity index (χ1v) is 10.8. The maximum atomic E-state index is 13.1. The number of ether oxygens (including phenoxy) is 1. The Morgan fingerprint density at radius 3 is 2.61 bits per heavy atom. The summed E-state index contributed by atoms with van der Waals surface area (Å²) in [4.78, 5) is 12.2. The van der Waals surface area contributed by atoms with Gasteiger partial charge in [-0.2, -0.15) is 17.6 Å². The number of piperazine rings is 1. The SMILES string of the molecule is CN1CCN(c2ccccc2CSc2nc3cc(OC(F)(F)C(F)F)ccc3[nH]2)CC1. The molecule has 1 fully saturated rings. The van der Waals surface area contributed by atoms with Crippen molar-refractivity contribution < 1.29 is 22.3 Å². The van der Waals surface area contributed by atoms with Crippen molar-refractivity contribution in [2.75, 3.05) is 38.1 Å². The zero-order chi connectivity index (χ0) is 22.0. The Morgan fingerprint density at radius 1 is 1.13 bits per heavy atom. The van der Waals surface area contributed by atoms with Crippen LogP contribution in [0.4, 0.5) is 23.2 Å². The molecule has 2 heterocycles. The molecule has 1 N–H and O–H groups in total. The molecule has 0 radical (unpaired) electrons. The summed E-state index contributed by atoms with van der Waals surface area (Å²) in [5, 5.41) is 0.612. The van der Waals surface area contributed by atoms with Gasteiger partial charge >= 0.3 is 12.5 Å². The smallest absolute Gasteiger partial charge is 0.428 e. The van der Waals surface area contributed by atoms with Gasteiger partial charge in [0.2, 0.25) is 0 Å². The second kappa shape index (κ2) is 8.96. The van der Waals surface area contributed by atoms with Crippen molar-refractivity contribution in [3.05, 3.63) is 48.0 Å². The third kappa shape index (κ3) is 5.07. The fourth-order valence-corrected chi connectivity index (χ4v) is 4.31. The van der Waals surface area contributed by atoms with Gasteiger partial charge < -0.3 is 19.5 Å². The molecule has 3 aromatic rings. The fourth-order valence-electron chi connectivity index (χ4n) is 3.43. The normalized spacial score (nSPS) is 15.7. The van der Waals surface area contributed by atoms with E-state index in [2.05, 4.69) is 43.7 Å². The maximum Gasteiger partial charge on any atom is 0.461 e. The average Bonchev–Trinajstić information content (AvgIpc) is 3.15. The molecule has 0 spiro atoms. The number of anilines is 1. The van der Waals surface area contributed by atoms with Crippen molar-refractivity contribution in [1.82, 2.24) is 14.9 Å². The summed E-state index contributed by atoms with van der Waals surface area (Å²) in [5.74, 6) is 0.316. The Kier molecular flexibility index (Phi) is 6.29. The van der Waals surface area contributed by atoms with Crippen LogP contribution in [-0.4, -0.2) is 60.6 Å². The number of H-pyrrole nitrogens is 1. The molecule has 0 saturated carbocycles. The van der Waals surface area contributed by atoms with E-state index in [0.29, 0.717) is 21.9 Å². The van der Waals surface area contributed by atoms with E-state index < -0.39 is 12.5 Å². The number of thioether (sulfide) groups is 1. The Bertz CT molecular complexity index is 1040. The summed E-state index contributed by atoms with van der Waals surface area (Å²) in [6.45, 7) is 3.96. The highest BCUT2D eigenvalue weighted by molar-refractivity contribution is 7.98. The van der Waals surface area contributed by atoms with Crippen LogP contribution in [0.25, 0.3) is 11.0 Å². The molecule has 31 heavy (non-hydrogen) atoms. The van der Waals surface area contributed by atoms with Crippen LogP contribution in [0.3, 0.4) is 0 Å². The fraction of sp³-hybridized carbons (Fsp3) is 0.381. The number of hydrogen-bond donors (Lipinski definition) is 1. The zero-order valence-corrected chi connectivity index (χ0v) is 17.6. The molecule has 5 nitrogen and oxygen atoms in total. The lowest BCUT2D eigenvalue weighted by atomic mass is 10.1. The van der Waals surface area contributed by atoms with Gasteiger partial charge in [0.05, 0.1) is 11.0 Å². The number of aromatic nitrogens is 2. The van der Waals surface area contributed by atoms with Crippen molar-refractivity contribution >= 4 is 28.5 Å². The topological polar surface area (TPSA) is 44.4 Å². The number of likely N-dealkylation sites (N-methyl/N-ethyl adjacent to an activating group) is 1. The van der Waals surface area contributed by atoms with Crippen molar-refractivity contribution in [1.29, 1.82) is 0 Å². The number of alkyl halides is 4. The first kappa shape index (κ1) is 21.8. The number of benzene rings is 2. The number of imidazole rings is 1. The highest BCUT2D eigenvalue weighted by Crippen LogP contribution is 2.32. The van der Waals surface area contributed by atoms with Crippen molar-refractivity contribution in [3.8, 4) is 5.75 Å². The predicted octanol–water partition coefficient (Wildman–Crippen LogP) is 4.84. The molecule has 2 aromatic carbocycles. The Balaban J connectivity index is 1.46. The van der Waals surface area contributed by atoms with E-state index >= 15 is 0 Å². The molecule has 166 valence electrons. The summed E-state index contributed by atoms with van der Waals surface area (Å²) in [6.07, 6.45) is -8.46. The van der Waals surface area contributed by atoms with Crippen molar-refractivity contribution in [2.45, 2.75) is 23.4 Å². The van der Waals surface area contributed by atoms with Crippen LogP contribution in [0.15, 0.2) is 47.6 Å². The number of para-hydroxylation sites is 1. The van der Waals surface area contributed by atoms with Crippen LogP contribution < -0.4 is 9.64 Å². The van der Waals surface area contributed by atoms with E-state index in [0.717, 1.165) is 26.2 Å². The van der Waals surface area contributed by atoms with Crippen molar-refractivity contribution in [3.63, 3.8) is 0 Å². The number of rotatable bonds is 7. The molecule has 0 unspecified atom stereocenters. The van der Waals surface area contributed by atoms with Crippen LogP contribution in [0, 0.1) is 0 Å². The molecule has 0 aliphatic carbocycles. The van der Waals surface area contributed by atoms with Crippen LogP contribution in [-0.2, 0) is 5.75 Å². The molecule has 0 bridgehead atoms. The van der Waals surface area contributed by atoms with E-state index in [1.54, 1.807) is 0 Å². The van der Waals surface area contributed by atoms with Crippen LogP contribution in [0.2, 0.25) is 0 Å². The molecule has 1 aliphatic rings. The van der Waals surface area contributed by atoms with Crippen LogP contribution in [0.1, 0.15) is 5.56 Å². The van der Waals surface area contributed by atoms with Crippen LogP contribution >= 0.6 is 11.8 Å². The third-order valence-electron chi connectivity index (χ3n) is 5.14.